The molecule has 0 unspecified atom stereocenters. The van der Waals surface area contributed by atoms with Gasteiger partial charge >= 0.3 is 0 Å². The van der Waals surface area contributed by atoms with E-state index in [0.717, 1.165) is 36.1 Å². The molecule has 1 fully saturated rings. The van der Waals surface area contributed by atoms with Gasteiger partial charge in [0.1, 0.15) is 11.9 Å². The van der Waals surface area contributed by atoms with Crippen molar-refractivity contribution >= 4 is 28.6 Å². The van der Waals surface area contributed by atoms with E-state index in [1.54, 1.807) is 0 Å². The molecule has 0 spiro atoms. The summed E-state index contributed by atoms with van der Waals surface area (Å²) in [5.74, 6) is 1.67. The number of imidazole rings is 1. The third-order valence-corrected chi connectivity index (χ3v) is 5.28. The number of nitriles is 1. The molecule has 1 saturated carbocycles. The van der Waals surface area contributed by atoms with Crippen LogP contribution in [-0.4, -0.2) is 31.5 Å². The van der Waals surface area contributed by atoms with Crippen LogP contribution < -0.4 is 10.6 Å². The number of hydrogen-bond acceptors (Lipinski definition) is 6. The number of hydrogen-bond donors (Lipinski definition) is 2. The van der Waals surface area contributed by atoms with Crippen molar-refractivity contribution in [3.63, 3.8) is 0 Å². The van der Waals surface area contributed by atoms with Gasteiger partial charge in [0.15, 0.2) is 0 Å². The third kappa shape index (κ3) is 3.80. The van der Waals surface area contributed by atoms with Gasteiger partial charge in [0.05, 0.1) is 29.0 Å². The molecule has 3 aromatic rings. The maximum absolute atomic E-state index is 11.5. The molecule has 2 heterocycles. The second-order valence-electron chi connectivity index (χ2n) is 7.18. The summed E-state index contributed by atoms with van der Waals surface area (Å²) in [6.07, 6.45) is 7.24. The van der Waals surface area contributed by atoms with E-state index in [1.165, 1.54) is 18.5 Å². The molecule has 1 aromatic carbocycles. The van der Waals surface area contributed by atoms with E-state index < -0.39 is 0 Å². The largest absolute Gasteiger partial charge is 0.351 e. The van der Waals surface area contributed by atoms with E-state index in [2.05, 4.69) is 31.7 Å². The topological polar surface area (TPSA) is 109 Å². The van der Waals surface area contributed by atoms with Gasteiger partial charge in [0, 0.05) is 24.7 Å². The predicted octanol–water partition coefficient (Wildman–Crippen LogP) is 3.11. The molecular weight excluding hydrogens is 366 g/mol. The molecule has 0 bridgehead atoms. The second kappa shape index (κ2) is 7.72. The van der Waals surface area contributed by atoms with Crippen molar-refractivity contribution in [2.24, 2.45) is 7.05 Å². The summed E-state index contributed by atoms with van der Waals surface area (Å²) in [5.41, 5.74) is 3.04. The first-order valence-electron chi connectivity index (χ1n) is 9.46. The van der Waals surface area contributed by atoms with Gasteiger partial charge < -0.3 is 15.2 Å². The SMILES string of the molecule is C=CC(=O)Nc1ccc2c(c1)nc([C@H]1CC[C@@H](Nc3ncc(C#N)cn3)C1)n2C. The standard InChI is InChI=1S/C21H21N7O/c1-3-19(29)25-16-6-7-18-17(9-16)27-20(28(18)2)14-4-5-15(8-14)26-21-23-11-13(10-22)12-24-21/h3,6-7,9,11-12,14-15H,1,4-5,8H2,2H3,(H,25,29)(H,23,24,26)/t14-,15+/m0/s1. The van der Waals surface area contributed by atoms with Crippen molar-refractivity contribution in [2.45, 2.75) is 31.2 Å². The number of aryl methyl sites for hydroxylation is 1. The molecular formula is C21H21N7O. The maximum Gasteiger partial charge on any atom is 0.247 e. The highest BCUT2D eigenvalue weighted by Gasteiger charge is 2.29. The zero-order valence-electron chi connectivity index (χ0n) is 16.1. The molecule has 0 radical (unpaired) electrons. The Labute approximate surface area is 168 Å². The van der Waals surface area contributed by atoms with Crippen molar-refractivity contribution in [1.29, 1.82) is 5.26 Å². The molecule has 1 amide bonds. The Kier molecular flexibility index (Phi) is 4.96. The summed E-state index contributed by atoms with van der Waals surface area (Å²) in [7, 11) is 2.02. The van der Waals surface area contributed by atoms with Crippen LogP contribution >= 0.6 is 0 Å². The van der Waals surface area contributed by atoms with E-state index in [4.69, 9.17) is 10.2 Å². The first-order chi connectivity index (χ1) is 14.1. The molecule has 1 aliphatic carbocycles. The van der Waals surface area contributed by atoms with Gasteiger partial charge in [-0.1, -0.05) is 6.58 Å². The van der Waals surface area contributed by atoms with E-state index >= 15 is 0 Å². The molecule has 8 nitrogen and oxygen atoms in total. The summed E-state index contributed by atoms with van der Waals surface area (Å²) < 4.78 is 2.12. The van der Waals surface area contributed by atoms with Gasteiger partial charge in [0.25, 0.3) is 0 Å². The number of carbonyl (C=O) groups excluding carboxylic acids is 1. The summed E-state index contributed by atoms with van der Waals surface area (Å²) in [4.78, 5) is 24.8. The van der Waals surface area contributed by atoms with Crippen LogP contribution in [0.5, 0.6) is 0 Å². The van der Waals surface area contributed by atoms with Crippen LogP contribution in [0.15, 0.2) is 43.2 Å². The van der Waals surface area contributed by atoms with Crippen molar-refractivity contribution in [3.8, 4) is 6.07 Å². The Morgan fingerprint density at radius 1 is 1.34 bits per heavy atom. The van der Waals surface area contributed by atoms with E-state index in [1.807, 2.05) is 31.3 Å². The number of anilines is 2. The number of nitrogens with one attached hydrogen (secondary N) is 2. The summed E-state index contributed by atoms with van der Waals surface area (Å²) in [6, 6.07) is 8.01. The van der Waals surface area contributed by atoms with Gasteiger partial charge in [0.2, 0.25) is 11.9 Å². The Hall–Kier alpha value is -3.73. The van der Waals surface area contributed by atoms with Crippen molar-refractivity contribution in [3.05, 3.63) is 54.6 Å². The Morgan fingerprint density at radius 3 is 2.86 bits per heavy atom. The zero-order valence-corrected chi connectivity index (χ0v) is 16.1. The van der Waals surface area contributed by atoms with Gasteiger partial charge in [-0.15, -0.1) is 0 Å². The quantitative estimate of drug-likeness (QED) is 0.651. The van der Waals surface area contributed by atoms with Crippen LogP contribution in [0, 0.1) is 11.3 Å². The smallest absolute Gasteiger partial charge is 0.247 e. The lowest BCUT2D eigenvalue weighted by molar-refractivity contribution is -0.111. The lowest BCUT2D eigenvalue weighted by Gasteiger charge is -2.13. The third-order valence-electron chi connectivity index (χ3n) is 5.28. The highest BCUT2D eigenvalue weighted by Crippen LogP contribution is 2.36. The minimum Gasteiger partial charge on any atom is -0.351 e. The molecule has 0 saturated heterocycles. The predicted molar refractivity (Wildman–Crippen MR) is 110 cm³/mol. The average Bonchev–Trinajstić information content (AvgIpc) is 3.32. The number of carbonyl (C=O) groups is 1. The second-order valence-corrected chi connectivity index (χ2v) is 7.18. The van der Waals surface area contributed by atoms with Crippen LogP contribution in [0.1, 0.15) is 36.6 Å². The fraction of sp³-hybridized carbons (Fsp3) is 0.286. The number of rotatable bonds is 5. The number of aromatic nitrogens is 4. The van der Waals surface area contributed by atoms with Crippen LogP contribution in [-0.2, 0) is 11.8 Å². The van der Waals surface area contributed by atoms with Crippen molar-refractivity contribution in [2.75, 3.05) is 10.6 Å². The van der Waals surface area contributed by atoms with Crippen LogP contribution in [0.25, 0.3) is 11.0 Å². The van der Waals surface area contributed by atoms with E-state index in [-0.39, 0.29) is 11.9 Å². The summed E-state index contributed by atoms with van der Waals surface area (Å²) in [6.45, 7) is 3.47. The highest BCUT2D eigenvalue weighted by atomic mass is 16.1. The summed E-state index contributed by atoms with van der Waals surface area (Å²) >= 11 is 0. The normalized spacial score (nSPS) is 18.3. The number of fused-ring (bicyclic) bond motifs is 1. The Balaban J connectivity index is 1.49. The van der Waals surface area contributed by atoms with Crippen LogP contribution in [0.3, 0.4) is 0 Å². The fourth-order valence-electron chi connectivity index (χ4n) is 3.84. The molecule has 4 rings (SSSR count). The van der Waals surface area contributed by atoms with E-state index in [9.17, 15) is 4.79 Å². The Morgan fingerprint density at radius 2 is 2.14 bits per heavy atom. The maximum atomic E-state index is 11.5. The first-order valence-corrected chi connectivity index (χ1v) is 9.46. The van der Waals surface area contributed by atoms with Crippen molar-refractivity contribution in [1.82, 2.24) is 19.5 Å². The van der Waals surface area contributed by atoms with E-state index in [0.29, 0.717) is 23.1 Å². The molecule has 8 heteroatoms. The lowest BCUT2D eigenvalue weighted by Crippen LogP contribution is -2.17. The monoisotopic (exact) mass is 387 g/mol. The molecule has 0 aliphatic heterocycles. The lowest BCUT2D eigenvalue weighted by atomic mass is 10.1. The first kappa shape index (κ1) is 18.6. The van der Waals surface area contributed by atoms with Gasteiger partial charge in [-0.3, -0.25) is 4.79 Å². The molecule has 2 aromatic heterocycles. The molecule has 29 heavy (non-hydrogen) atoms. The van der Waals surface area contributed by atoms with Gasteiger partial charge in [-0.25, -0.2) is 15.0 Å². The number of amides is 1. The highest BCUT2D eigenvalue weighted by molar-refractivity contribution is 6.00. The number of nitrogens with zero attached hydrogens (tertiary/aromatic N) is 5. The average molecular weight is 387 g/mol. The number of benzene rings is 1. The van der Waals surface area contributed by atoms with Crippen molar-refractivity contribution < 1.29 is 4.79 Å². The molecule has 1 aliphatic rings. The summed E-state index contributed by atoms with van der Waals surface area (Å²) in [5, 5.41) is 15.0. The molecule has 146 valence electrons. The minimum atomic E-state index is -0.241. The van der Waals surface area contributed by atoms with Gasteiger partial charge in [-0.2, -0.15) is 5.26 Å². The molecule has 2 atom stereocenters. The minimum absolute atomic E-state index is 0.241. The zero-order chi connectivity index (χ0) is 20.4. The Bertz CT molecular complexity index is 1110. The van der Waals surface area contributed by atoms with Crippen LogP contribution in [0.2, 0.25) is 0 Å². The molecule has 2 N–H and O–H groups in total. The van der Waals surface area contributed by atoms with Crippen LogP contribution in [0.4, 0.5) is 11.6 Å². The van der Waals surface area contributed by atoms with Gasteiger partial charge in [-0.05, 0) is 43.5 Å². The fourth-order valence-corrected chi connectivity index (χ4v) is 3.84.